The van der Waals surface area contributed by atoms with E-state index in [1.807, 2.05) is 27.7 Å². The van der Waals surface area contributed by atoms with E-state index in [0.29, 0.717) is 66.7 Å². The van der Waals surface area contributed by atoms with Crippen molar-refractivity contribution in [3.05, 3.63) is 35.9 Å². The van der Waals surface area contributed by atoms with Crippen molar-refractivity contribution in [3.8, 4) is 17.4 Å². The van der Waals surface area contributed by atoms with E-state index in [1.165, 1.54) is 17.4 Å². The number of hydrogen-bond acceptors (Lipinski definition) is 11. The third-order valence-corrected chi connectivity index (χ3v) is 13.5. The number of aliphatic carboxylic acids is 1. The number of benzene rings is 1. The molecule has 1 spiro atoms. The third kappa shape index (κ3) is 7.65. The molecule has 3 N–H and O–H groups in total. The average Bonchev–Trinajstić information content (AvgIpc) is 4.11. The van der Waals surface area contributed by atoms with E-state index in [9.17, 15) is 24.3 Å². The Balaban J connectivity index is 1.03. The first-order valence-corrected chi connectivity index (χ1v) is 20.9. The van der Waals surface area contributed by atoms with Crippen molar-refractivity contribution in [1.29, 1.82) is 0 Å². The number of carboxylic acids is 1. The van der Waals surface area contributed by atoms with Gasteiger partial charge in [-0.1, -0.05) is 38.4 Å². The highest BCUT2D eigenvalue weighted by Crippen LogP contribution is 2.86. The second kappa shape index (κ2) is 15.4. The number of likely N-dealkylation sites (tertiary alicyclic amines) is 1. The molecule has 2 saturated heterocycles. The number of pyridine rings is 1. The molecule has 1 aromatic heterocycles. The molecule has 314 valence electrons. The van der Waals surface area contributed by atoms with Gasteiger partial charge in [-0.15, -0.1) is 6.58 Å². The van der Waals surface area contributed by atoms with Gasteiger partial charge in [0.2, 0.25) is 17.7 Å². The number of nitrogens with one attached hydrogen (secondary N) is 2. The van der Waals surface area contributed by atoms with Gasteiger partial charge < -0.3 is 44.3 Å². The van der Waals surface area contributed by atoms with Crippen LogP contribution in [0.5, 0.6) is 17.4 Å². The third-order valence-electron chi connectivity index (χ3n) is 13.1. The molecule has 2 aliphatic heterocycles. The van der Waals surface area contributed by atoms with Crippen LogP contribution in [0.15, 0.2) is 30.9 Å². The molecule has 4 saturated carbocycles. The van der Waals surface area contributed by atoms with Crippen LogP contribution in [0.3, 0.4) is 0 Å². The molecule has 3 amide bonds. The summed E-state index contributed by atoms with van der Waals surface area (Å²) in [6, 6.07) is 3.01. The van der Waals surface area contributed by atoms with Gasteiger partial charge in [0.25, 0.3) is 0 Å². The molecule has 3 unspecified atom stereocenters. The maximum absolute atomic E-state index is 14.7. The van der Waals surface area contributed by atoms with E-state index in [4.69, 9.17) is 35.3 Å². The van der Waals surface area contributed by atoms with Gasteiger partial charge in [0, 0.05) is 43.4 Å². The van der Waals surface area contributed by atoms with Gasteiger partial charge in [0.15, 0.2) is 0 Å². The molecule has 3 heterocycles. The first kappa shape index (κ1) is 40.4. The Morgan fingerprint density at radius 3 is 2.50 bits per heavy atom. The van der Waals surface area contributed by atoms with Crippen LogP contribution in [0.25, 0.3) is 10.9 Å². The Morgan fingerprint density at radius 2 is 1.86 bits per heavy atom. The SMILES string of the molecule is C=C[C@@H]1C[C@]1(NC(=O)[C@@H]1CC(Oc2cc(OCC)nc3c(Cl)c(OCCN4CCOCC4)ccc23)CN1C(=O)[C@@H](NC(=O)O[C@@H]1C[C@@H]2C3CC32C1)C(C)(C)C)C(=O)O. The molecular formula is C42H54ClN5O10. The van der Waals surface area contributed by atoms with Crippen LogP contribution in [0.1, 0.15) is 59.8 Å². The lowest BCUT2D eigenvalue weighted by molar-refractivity contribution is -0.146. The summed E-state index contributed by atoms with van der Waals surface area (Å²) in [4.78, 5) is 62.9. The largest absolute Gasteiger partial charge is 0.491 e. The van der Waals surface area contributed by atoms with Crippen molar-refractivity contribution in [3.63, 3.8) is 0 Å². The fraction of sp³-hybridized carbons (Fsp3) is 0.643. The number of carbonyl (C=O) groups excluding carboxylic acids is 3. The summed E-state index contributed by atoms with van der Waals surface area (Å²) in [5, 5.41) is 16.5. The van der Waals surface area contributed by atoms with Crippen LogP contribution in [-0.4, -0.2) is 126 Å². The smallest absolute Gasteiger partial charge is 0.408 e. The lowest BCUT2D eigenvalue weighted by Gasteiger charge is -2.35. The molecule has 1 aromatic carbocycles. The van der Waals surface area contributed by atoms with E-state index in [2.05, 4.69) is 27.1 Å². The normalized spacial score (nSPS) is 31.4. The number of carboxylic acid groups (broad SMARTS) is 1. The van der Waals surface area contributed by atoms with Crippen LogP contribution in [0, 0.1) is 28.6 Å². The summed E-state index contributed by atoms with van der Waals surface area (Å²) in [5.74, 6) is -0.273. The van der Waals surface area contributed by atoms with Crippen LogP contribution in [-0.2, 0) is 23.9 Å². The van der Waals surface area contributed by atoms with Gasteiger partial charge in [-0.05, 0) is 67.4 Å². The number of alkyl carbamates (subject to hydrolysis) is 1. The molecule has 0 bridgehead atoms. The molecule has 4 aliphatic carbocycles. The summed E-state index contributed by atoms with van der Waals surface area (Å²) in [6.45, 7) is 15.5. The molecule has 2 aromatic rings. The van der Waals surface area contributed by atoms with E-state index < -0.39 is 58.9 Å². The molecule has 0 radical (unpaired) electrons. The number of morpholine rings is 1. The van der Waals surface area contributed by atoms with Crippen molar-refractivity contribution < 1.29 is 48.0 Å². The number of ether oxygens (including phenoxy) is 5. The molecule has 15 nitrogen and oxygen atoms in total. The fourth-order valence-corrected chi connectivity index (χ4v) is 9.80. The summed E-state index contributed by atoms with van der Waals surface area (Å²) < 4.78 is 29.8. The number of hydrogen-bond donors (Lipinski definition) is 3. The predicted octanol–water partition coefficient (Wildman–Crippen LogP) is 4.43. The summed E-state index contributed by atoms with van der Waals surface area (Å²) in [7, 11) is 0. The molecule has 6 aliphatic rings. The molecule has 9 atom stereocenters. The molecule has 6 fully saturated rings. The molecule has 58 heavy (non-hydrogen) atoms. The first-order chi connectivity index (χ1) is 27.7. The van der Waals surface area contributed by atoms with Crippen LogP contribution >= 0.6 is 11.6 Å². The van der Waals surface area contributed by atoms with Gasteiger partial charge in [-0.25, -0.2) is 14.6 Å². The Labute approximate surface area is 343 Å². The minimum Gasteiger partial charge on any atom is -0.491 e. The maximum atomic E-state index is 14.7. The highest BCUT2D eigenvalue weighted by molar-refractivity contribution is 6.36. The number of carbonyl (C=O) groups is 4. The van der Waals surface area contributed by atoms with Gasteiger partial charge in [-0.3, -0.25) is 14.5 Å². The van der Waals surface area contributed by atoms with E-state index >= 15 is 0 Å². The highest BCUT2D eigenvalue weighted by Gasteiger charge is 2.81. The Hall–Kier alpha value is -4.34. The lowest BCUT2D eigenvalue weighted by Crippen LogP contribution is -2.59. The van der Waals surface area contributed by atoms with Crippen molar-refractivity contribution in [2.75, 3.05) is 52.6 Å². The van der Waals surface area contributed by atoms with Crippen molar-refractivity contribution in [1.82, 2.24) is 25.4 Å². The van der Waals surface area contributed by atoms with Gasteiger partial charge >= 0.3 is 12.1 Å². The lowest BCUT2D eigenvalue weighted by atomic mass is 9.85. The number of amides is 3. The Kier molecular flexibility index (Phi) is 10.7. The average molecular weight is 824 g/mol. The number of aromatic nitrogens is 1. The number of fused-ring (bicyclic) bond motifs is 2. The van der Waals surface area contributed by atoms with Gasteiger partial charge in [0.1, 0.15) is 58.5 Å². The van der Waals surface area contributed by atoms with Crippen LogP contribution in [0.4, 0.5) is 4.79 Å². The quantitative estimate of drug-likeness (QED) is 0.216. The van der Waals surface area contributed by atoms with Crippen LogP contribution < -0.4 is 24.8 Å². The number of halogens is 1. The van der Waals surface area contributed by atoms with Gasteiger partial charge in [-0.2, -0.15) is 0 Å². The zero-order valence-corrected chi connectivity index (χ0v) is 34.3. The molecule has 8 rings (SSSR count). The monoisotopic (exact) mass is 823 g/mol. The zero-order valence-electron chi connectivity index (χ0n) is 33.6. The first-order valence-electron chi connectivity index (χ1n) is 20.5. The number of nitrogens with zero attached hydrogens (tertiary/aromatic N) is 3. The Bertz CT molecular complexity index is 1990. The molecular weight excluding hydrogens is 770 g/mol. The van der Waals surface area contributed by atoms with Crippen molar-refractivity contribution in [2.45, 2.75) is 89.6 Å². The van der Waals surface area contributed by atoms with Crippen molar-refractivity contribution >= 4 is 46.4 Å². The number of rotatable bonds is 15. The fourth-order valence-electron chi connectivity index (χ4n) is 9.54. The summed E-state index contributed by atoms with van der Waals surface area (Å²) in [5.41, 5.74) is -1.53. The highest BCUT2D eigenvalue weighted by atomic mass is 35.5. The van der Waals surface area contributed by atoms with E-state index in [-0.39, 0.29) is 36.4 Å². The second-order valence-electron chi connectivity index (χ2n) is 17.8. The Morgan fingerprint density at radius 1 is 1.09 bits per heavy atom. The zero-order chi connectivity index (χ0) is 41.1. The molecule has 16 heteroatoms. The maximum Gasteiger partial charge on any atom is 0.408 e. The van der Waals surface area contributed by atoms with Crippen molar-refractivity contribution in [2.24, 2.45) is 28.6 Å². The summed E-state index contributed by atoms with van der Waals surface area (Å²) in [6.07, 6.45) is 3.05. The minimum absolute atomic E-state index is 0.0320. The summed E-state index contributed by atoms with van der Waals surface area (Å²) >= 11 is 6.92. The standard InChI is InChI=1S/C42H54ClN5O10/c1-6-23-19-42(23,38(51)52)46-36(49)29-17-25(22-48(29)37(50)35(40(3,4)5)45-39(53)58-24-16-27-28-21-41(27,28)20-24)57-31-18-32(55-7-2)44-34-26(31)8-9-30(33(34)43)56-15-12-47-10-13-54-14-11-47/h6,8-9,18,23-25,27-29,35H,1,7,10-17,19-22H2,2-5H3,(H,45,53)(H,46,49)(H,51,52)/t23-,24-,25?,27-,28?,29+,35-,41?,42-/m1/s1. The second-order valence-corrected chi connectivity index (χ2v) is 18.2. The minimum atomic E-state index is -1.52. The van der Waals surface area contributed by atoms with Gasteiger partial charge in [0.05, 0.1) is 26.4 Å². The topological polar surface area (TPSA) is 178 Å². The predicted molar refractivity (Wildman–Crippen MR) is 212 cm³/mol. The van der Waals surface area contributed by atoms with E-state index in [1.54, 1.807) is 18.2 Å². The van der Waals surface area contributed by atoms with Crippen LogP contribution in [0.2, 0.25) is 5.02 Å². The van der Waals surface area contributed by atoms with E-state index in [0.717, 1.165) is 31.8 Å².